The molecule has 218 valence electrons. The number of anilines is 1. The van der Waals surface area contributed by atoms with Crippen LogP contribution in [0.1, 0.15) is 68.9 Å². The van der Waals surface area contributed by atoms with E-state index >= 15 is 0 Å². The van der Waals surface area contributed by atoms with Gasteiger partial charge in [-0.2, -0.15) is 13.2 Å². The number of amides is 2. The number of fused-ring (bicyclic) bond motifs is 1. The molecule has 2 N–H and O–H groups in total. The first-order valence-corrected chi connectivity index (χ1v) is 14.1. The second-order valence-electron chi connectivity index (χ2n) is 11.3. The van der Waals surface area contributed by atoms with Gasteiger partial charge in [0.15, 0.2) is 11.5 Å². The zero-order valence-electron chi connectivity index (χ0n) is 23.0. The molecular weight excluding hydrogens is 526 g/mol. The van der Waals surface area contributed by atoms with Crippen molar-refractivity contribution < 1.29 is 31.8 Å². The SMILES string of the molecule is COc1ccc(C23CCC(NC(=O)Nc4cc(F)cc(C(F)(F)F)c4)CC2N(C2CCCCC2)CC3)cc1OC. The number of hydrogen-bond acceptors (Lipinski definition) is 4. The van der Waals surface area contributed by atoms with Gasteiger partial charge in [0.05, 0.1) is 19.8 Å². The van der Waals surface area contributed by atoms with Crippen molar-refractivity contribution in [1.82, 2.24) is 10.2 Å². The largest absolute Gasteiger partial charge is 0.493 e. The van der Waals surface area contributed by atoms with E-state index in [1.54, 1.807) is 14.2 Å². The standard InChI is InChI=1S/C30H37F4N3O3/c1-39-25-9-8-19(16-26(25)40-2)29-11-10-22(18-27(29)37(13-12-29)24-6-4-3-5-7-24)35-28(38)36-23-15-20(30(32,33)34)14-21(31)17-23/h8-9,14-17,22,24,27H,3-7,10-13,18H2,1-2H3,(H2,35,36,38). The summed E-state index contributed by atoms with van der Waals surface area (Å²) in [5, 5.41) is 5.38. The van der Waals surface area contributed by atoms with Crippen LogP contribution in [0.25, 0.3) is 0 Å². The fraction of sp³-hybridized carbons (Fsp3) is 0.567. The molecule has 0 radical (unpaired) electrons. The molecule has 2 amide bonds. The van der Waals surface area contributed by atoms with Crippen LogP contribution < -0.4 is 20.1 Å². The van der Waals surface area contributed by atoms with E-state index in [0.29, 0.717) is 30.0 Å². The van der Waals surface area contributed by atoms with Crippen LogP contribution in [0.5, 0.6) is 11.5 Å². The molecule has 40 heavy (non-hydrogen) atoms. The molecular formula is C30H37F4N3O3. The van der Waals surface area contributed by atoms with Crippen LogP contribution in [0.4, 0.5) is 28.0 Å². The van der Waals surface area contributed by atoms with Crippen LogP contribution in [0.2, 0.25) is 0 Å². The molecule has 1 aliphatic heterocycles. The number of alkyl halides is 3. The highest BCUT2D eigenvalue weighted by molar-refractivity contribution is 5.89. The van der Waals surface area contributed by atoms with E-state index in [1.807, 2.05) is 6.07 Å². The van der Waals surface area contributed by atoms with Crippen molar-refractivity contribution >= 4 is 11.7 Å². The van der Waals surface area contributed by atoms with Gasteiger partial charge in [0.2, 0.25) is 0 Å². The van der Waals surface area contributed by atoms with Gasteiger partial charge < -0.3 is 20.1 Å². The summed E-state index contributed by atoms with van der Waals surface area (Å²) < 4.78 is 64.3. The van der Waals surface area contributed by atoms with Gasteiger partial charge in [0, 0.05) is 29.2 Å². The van der Waals surface area contributed by atoms with Gasteiger partial charge in [-0.1, -0.05) is 25.3 Å². The van der Waals surface area contributed by atoms with Crippen LogP contribution in [0.15, 0.2) is 36.4 Å². The number of rotatable bonds is 6. The first-order valence-electron chi connectivity index (χ1n) is 14.1. The molecule has 2 saturated carbocycles. The maximum atomic E-state index is 13.8. The van der Waals surface area contributed by atoms with E-state index < -0.39 is 23.6 Å². The van der Waals surface area contributed by atoms with Crippen LogP contribution in [0, 0.1) is 5.82 Å². The number of urea groups is 1. The number of benzene rings is 2. The highest BCUT2D eigenvalue weighted by Crippen LogP contribution is 2.51. The lowest BCUT2D eigenvalue weighted by Gasteiger charge is -2.47. The first kappa shape index (κ1) is 28.5. The van der Waals surface area contributed by atoms with Crippen LogP contribution in [-0.4, -0.2) is 49.8 Å². The molecule has 2 aliphatic carbocycles. The fourth-order valence-corrected chi connectivity index (χ4v) is 7.23. The summed E-state index contributed by atoms with van der Waals surface area (Å²) in [7, 11) is 3.25. The Morgan fingerprint density at radius 3 is 2.42 bits per heavy atom. The number of methoxy groups -OCH3 is 2. The van der Waals surface area contributed by atoms with Gasteiger partial charge >= 0.3 is 12.2 Å². The second-order valence-corrected chi connectivity index (χ2v) is 11.3. The average molecular weight is 564 g/mol. The molecule has 3 unspecified atom stereocenters. The van der Waals surface area contributed by atoms with E-state index in [1.165, 1.54) is 24.8 Å². The Labute approximate surface area is 232 Å². The van der Waals surface area contributed by atoms with E-state index in [0.717, 1.165) is 50.8 Å². The molecule has 5 rings (SSSR count). The normalized spacial score (nSPS) is 25.8. The smallest absolute Gasteiger partial charge is 0.416 e. The molecule has 0 aromatic heterocycles. The van der Waals surface area contributed by atoms with Gasteiger partial charge in [0.1, 0.15) is 5.82 Å². The third-order valence-electron chi connectivity index (χ3n) is 9.12. The summed E-state index contributed by atoms with van der Waals surface area (Å²) in [5.74, 6) is 0.313. The summed E-state index contributed by atoms with van der Waals surface area (Å²) in [6, 6.07) is 8.10. The minimum absolute atomic E-state index is 0.101. The molecule has 2 aromatic carbocycles. The Bertz CT molecular complexity index is 1220. The predicted octanol–water partition coefficient (Wildman–Crippen LogP) is 6.88. The topological polar surface area (TPSA) is 62.8 Å². The van der Waals surface area contributed by atoms with Crippen molar-refractivity contribution in [2.45, 2.75) is 87.5 Å². The van der Waals surface area contributed by atoms with Gasteiger partial charge in [0.25, 0.3) is 0 Å². The Kier molecular flexibility index (Phi) is 8.17. The van der Waals surface area contributed by atoms with Crippen LogP contribution in [0.3, 0.4) is 0 Å². The Hall–Kier alpha value is -3.01. The molecule has 1 saturated heterocycles. The molecule has 3 aliphatic rings. The number of hydrogen-bond donors (Lipinski definition) is 2. The van der Waals surface area contributed by atoms with Crippen molar-refractivity contribution in [3.63, 3.8) is 0 Å². The molecule has 0 spiro atoms. The maximum Gasteiger partial charge on any atom is 0.416 e. The Balaban J connectivity index is 1.36. The minimum atomic E-state index is -4.71. The highest BCUT2D eigenvalue weighted by atomic mass is 19.4. The van der Waals surface area contributed by atoms with E-state index in [4.69, 9.17) is 9.47 Å². The number of likely N-dealkylation sites (tertiary alicyclic amines) is 1. The van der Waals surface area contributed by atoms with Crippen molar-refractivity contribution in [2.24, 2.45) is 0 Å². The summed E-state index contributed by atoms with van der Waals surface area (Å²) in [6.45, 7) is 0.978. The maximum absolute atomic E-state index is 13.8. The second kappa shape index (κ2) is 11.5. The predicted molar refractivity (Wildman–Crippen MR) is 144 cm³/mol. The zero-order valence-corrected chi connectivity index (χ0v) is 23.0. The lowest BCUT2D eigenvalue weighted by atomic mass is 9.64. The van der Waals surface area contributed by atoms with Gasteiger partial charge in [-0.15, -0.1) is 0 Å². The number of halogens is 4. The lowest BCUT2D eigenvalue weighted by Crippen LogP contribution is -2.55. The third kappa shape index (κ3) is 5.73. The first-order chi connectivity index (χ1) is 19.1. The highest BCUT2D eigenvalue weighted by Gasteiger charge is 2.53. The number of ether oxygens (including phenoxy) is 2. The quantitative estimate of drug-likeness (QED) is 0.376. The lowest BCUT2D eigenvalue weighted by molar-refractivity contribution is -0.137. The Morgan fingerprint density at radius 2 is 1.73 bits per heavy atom. The molecule has 2 aromatic rings. The van der Waals surface area contributed by atoms with Crippen molar-refractivity contribution in [2.75, 3.05) is 26.1 Å². The summed E-state index contributed by atoms with van der Waals surface area (Å²) >= 11 is 0. The number of nitrogens with one attached hydrogen (secondary N) is 2. The van der Waals surface area contributed by atoms with Gasteiger partial charge in [-0.25, -0.2) is 9.18 Å². The summed E-state index contributed by atoms with van der Waals surface area (Å²) in [4.78, 5) is 15.5. The minimum Gasteiger partial charge on any atom is -0.493 e. The molecule has 10 heteroatoms. The average Bonchev–Trinajstić information content (AvgIpc) is 3.32. The van der Waals surface area contributed by atoms with E-state index in [9.17, 15) is 22.4 Å². The molecule has 3 fully saturated rings. The number of carbonyl (C=O) groups is 1. The van der Waals surface area contributed by atoms with Crippen molar-refractivity contribution in [3.05, 3.63) is 53.3 Å². The monoisotopic (exact) mass is 563 g/mol. The van der Waals surface area contributed by atoms with E-state index in [-0.39, 0.29) is 23.2 Å². The molecule has 1 heterocycles. The van der Waals surface area contributed by atoms with E-state index in [2.05, 4.69) is 27.7 Å². The van der Waals surface area contributed by atoms with Crippen LogP contribution in [-0.2, 0) is 11.6 Å². The molecule has 0 bridgehead atoms. The fourth-order valence-electron chi connectivity index (χ4n) is 7.23. The van der Waals surface area contributed by atoms with Crippen LogP contribution >= 0.6 is 0 Å². The number of nitrogens with zero attached hydrogens (tertiary/aromatic N) is 1. The third-order valence-corrected chi connectivity index (χ3v) is 9.12. The summed E-state index contributed by atoms with van der Waals surface area (Å²) in [6.07, 6.45) is 4.60. The zero-order chi connectivity index (χ0) is 28.5. The van der Waals surface area contributed by atoms with Crippen molar-refractivity contribution in [1.29, 1.82) is 0 Å². The van der Waals surface area contributed by atoms with Gasteiger partial charge in [-0.3, -0.25) is 4.90 Å². The van der Waals surface area contributed by atoms with Crippen molar-refractivity contribution in [3.8, 4) is 11.5 Å². The Morgan fingerprint density at radius 1 is 0.975 bits per heavy atom. The van der Waals surface area contributed by atoms with Gasteiger partial charge in [-0.05, 0) is 81.0 Å². The number of carbonyl (C=O) groups excluding carboxylic acids is 1. The molecule has 3 atom stereocenters. The molecule has 6 nitrogen and oxygen atoms in total. The summed E-state index contributed by atoms with van der Waals surface area (Å²) in [5.41, 5.74) is -0.273.